The van der Waals surface area contributed by atoms with Crippen molar-refractivity contribution < 1.29 is 17.9 Å². The highest BCUT2D eigenvalue weighted by molar-refractivity contribution is 7.92. The number of aryl methyl sites for hydroxylation is 2. The summed E-state index contributed by atoms with van der Waals surface area (Å²) in [7, 11) is -4.16. The van der Waals surface area contributed by atoms with E-state index in [1.807, 2.05) is 39.1 Å². The summed E-state index contributed by atoms with van der Waals surface area (Å²) >= 11 is 0. The fourth-order valence-corrected chi connectivity index (χ4v) is 7.69. The number of piperidine rings is 1. The minimum atomic E-state index is -4.16. The topological polar surface area (TPSA) is 118 Å². The molecule has 1 amide bonds. The number of fused-ring (bicyclic) bond motifs is 4. The summed E-state index contributed by atoms with van der Waals surface area (Å²) < 4.78 is 36.4. The molecule has 6 rings (SSSR count). The van der Waals surface area contributed by atoms with Gasteiger partial charge < -0.3 is 14.5 Å². The molecule has 2 aliphatic rings. The van der Waals surface area contributed by atoms with Crippen molar-refractivity contribution in [2.75, 3.05) is 29.3 Å². The number of nitrogens with one attached hydrogen (secondary N) is 1. The molecule has 2 aromatic heterocycles. The molecule has 0 saturated carbocycles. The monoisotopic (exact) mass is 682 g/mol. The summed E-state index contributed by atoms with van der Waals surface area (Å²) in [6.45, 7) is 14.8. The third-order valence-electron chi connectivity index (χ3n) is 9.36. The summed E-state index contributed by atoms with van der Waals surface area (Å²) in [6.07, 6.45) is 6.09. The van der Waals surface area contributed by atoms with Crippen LogP contribution in [0.5, 0.6) is 5.88 Å². The van der Waals surface area contributed by atoms with Crippen LogP contribution in [-0.4, -0.2) is 59.9 Å². The smallest absolute Gasteiger partial charge is 0.264 e. The molecule has 0 radical (unpaired) electrons. The molecular weight excluding hydrogens is 637 g/mol. The number of sulfonamides is 1. The van der Waals surface area contributed by atoms with Crippen LogP contribution in [0, 0.1) is 26.2 Å². The average molecular weight is 683 g/mol. The molecule has 2 aromatic carbocycles. The number of hydrogen-bond acceptors (Lipinski definition) is 8. The lowest BCUT2D eigenvalue weighted by Gasteiger charge is -2.35. The lowest BCUT2D eigenvalue weighted by molar-refractivity contribution is 0.0509. The molecule has 1 saturated heterocycles. The molecule has 2 aliphatic heterocycles. The van der Waals surface area contributed by atoms with Crippen LogP contribution in [0.15, 0.2) is 65.7 Å². The van der Waals surface area contributed by atoms with E-state index < -0.39 is 16.1 Å². The predicted molar refractivity (Wildman–Crippen MR) is 192 cm³/mol. The van der Waals surface area contributed by atoms with Crippen LogP contribution in [0.1, 0.15) is 79.2 Å². The van der Waals surface area contributed by atoms with Gasteiger partial charge in [0.25, 0.3) is 15.9 Å². The number of ether oxygens (including phenoxy) is 1. The standard InChI is InChI=1S/C38H46N6O4S/c1-25-13-14-26(2)35(27(25)3)33-20-34-41-37(40-33)42-49(46,47)32-12-10-11-28(19-32)36(45)44(31(24-48-34)21-38(4,5)6)23-29-15-16-30(22-39-29)43-17-8-7-9-18-43/h10-16,19-20,22,31H,7-9,17-18,21,23-24H2,1-6H3,(H,40,41,42)/t31-/m1/s1. The van der Waals surface area contributed by atoms with Gasteiger partial charge in [0, 0.05) is 30.3 Å². The normalized spacial score (nSPS) is 18.1. The number of amides is 1. The van der Waals surface area contributed by atoms with Crippen LogP contribution >= 0.6 is 0 Å². The molecule has 10 nitrogen and oxygen atoms in total. The van der Waals surface area contributed by atoms with Crippen molar-refractivity contribution in [2.24, 2.45) is 5.41 Å². The van der Waals surface area contributed by atoms with Gasteiger partial charge in [-0.1, -0.05) is 39.0 Å². The number of aromatic nitrogens is 3. The van der Waals surface area contributed by atoms with Crippen molar-refractivity contribution in [3.05, 3.63) is 88.7 Å². The Bertz CT molecular complexity index is 1950. The van der Waals surface area contributed by atoms with Crippen molar-refractivity contribution >= 4 is 27.6 Å². The number of carbonyl (C=O) groups excluding carboxylic acids is 1. The molecule has 1 N–H and O–H groups in total. The van der Waals surface area contributed by atoms with Gasteiger partial charge >= 0.3 is 0 Å². The van der Waals surface area contributed by atoms with Gasteiger partial charge in [-0.25, -0.2) is 18.1 Å². The Morgan fingerprint density at radius 2 is 1.69 bits per heavy atom. The van der Waals surface area contributed by atoms with Crippen molar-refractivity contribution in [3.63, 3.8) is 0 Å². The van der Waals surface area contributed by atoms with Crippen LogP contribution in [-0.2, 0) is 16.6 Å². The Balaban J connectivity index is 1.44. The summed E-state index contributed by atoms with van der Waals surface area (Å²) in [6, 6.07) is 15.6. The maximum absolute atomic E-state index is 14.5. The van der Waals surface area contributed by atoms with Gasteiger partial charge in [-0.15, -0.1) is 0 Å². The largest absolute Gasteiger partial charge is 0.475 e. The van der Waals surface area contributed by atoms with E-state index in [1.165, 1.54) is 31.4 Å². The van der Waals surface area contributed by atoms with Crippen molar-refractivity contribution in [2.45, 2.75) is 84.7 Å². The molecule has 0 aliphatic carbocycles. The average Bonchev–Trinajstić information content (AvgIpc) is 3.07. The first-order valence-corrected chi connectivity index (χ1v) is 18.5. The highest BCUT2D eigenvalue weighted by Crippen LogP contribution is 2.33. The van der Waals surface area contributed by atoms with E-state index in [0.29, 0.717) is 12.1 Å². The summed E-state index contributed by atoms with van der Waals surface area (Å²) in [5.41, 5.74) is 6.45. The first-order chi connectivity index (χ1) is 23.3. The fourth-order valence-electron chi connectivity index (χ4n) is 6.70. The molecule has 0 spiro atoms. The molecular formula is C38H46N6O4S. The van der Waals surface area contributed by atoms with Crippen LogP contribution in [0.4, 0.5) is 11.6 Å². The van der Waals surface area contributed by atoms with E-state index in [2.05, 4.69) is 52.5 Å². The Morgan fingerprint density at radius 3 is 2.41 bits per heavy atom. The van der Waals surface area contributed by atoms with Gasteiger partial charge in [0.2, 0.25) is 11.8 Å². The SMILES string of the molecule is Cc1ccc(C)c(-c2cc3nc(n2)NS(=O)(=O)c2cccc(c2)C(=O)N(Cc2ccc(N4CCCCC4)cn2)[C@H](CC(C)(C)C)CO3)c1C. The molecule has 11 heteroatoms. The number of benzene rings is 2. The molecule has 1 atom stereocenters. The predicted octanol–water partition coefficient (Wildman–Crippen LogP) is 7.09. The molecule has 49 heavy (non-hydrogen) atoms. The minimum absolute atomic E-state index is 0.0617. The van der Waals surface area contributed by atoms with Gasteiger partial charge in [0.15, 0.2) is 0 Å². The number of carbonyl (C=O) groups is 1. The third-order valence-corrected chi connectivity index (χ3v) is 10.7. The second-order valence-corrected chi connectivity index (χ2v) is 16.1. The molecule has 4 bridgehead atoms. The quantitative estimate of drug-likeness (QED) is 0.237. The summed E-state index contributed by atoms with van der Waals surface area (Å²) in [4.78, 5) is 32.5. The Labute approximate surface area is 290 Å². The lowest BCUT2D eigenvalue weighted by atomic mass is 9.87. The molecule has 0 unspecified atom stereocenters. The van der Waals surface area contributed by atoms with Gasteiger partial charge in [-0.2, -0.15) is 4.98 Å². The van der Waals surface area contributed by atoms with Gasteiger partial charge in [-0.05, 0) is 98.9 Å². The van der Waals surface area contributed by atoms with E-state index in [1.54, 1.807) is 23.1 Å². The fraction of sp³-hybridized carbons (Fsp3) is 0.421. The molecule has 258 valence electrons. The zero-order valence-electron chi connectivity index (χ0n) is 29.3. The Morgan fingerprint density at radius 1 is 0.939 bits per heavy atom. The van der Waals surface area contributed by atoms with E-state index in [4.69, 9.17) is 9.72 Å². The van der Waals surface area contributed by atoms with Gasteiger partial charge in [0.1, 0.15) is 6.61 Å². The second-order valence-electron chi connectivity index (χ2n) is 14.5. The first kappa shape index (κ1) is 34.4. The van der Waals surface area contributed by atoms with Gasteiger partial charge in [0.05, 0.1) is 40.8 Å². The van der Waals surface area contributed by atoms with E-state index >= 15 is 0 Å². The first-order valence-electron chi connectivity index (χ1n) is 17.0. The number of hydrogen-bond donors (Lipinski definition) is 1. The van der Waals surface area contributed by atoms with Crippen molar-refractivity contribution in [3.8, 4) is 17.1 Å². The Kier molecular flexibility index (Phi) is 9.66. The number of pyridine rings is 1. The maximum atomic E-state index is 14.5. The number of rotatable bonds is 5. The van der Waals surface area contributed by atoms with Crippen LogP contribution in [0.3, 0.4) is 0 Å². The lowest BCUT2D eigenvalue weighted by Crippen LogP contribution is -2.45. The van der Waals surface area contributed by atoms with Crippen LogP contribution < -0.4 is 14.4 Å². The molecule has 4 heterocycles. The zero-order chi connectivity index (χ0) is 34.9. The zero-order valence-corrected chi connectivity index (χ0v) is 30.1. The van der Waals surface area contributed by atoms with E-state index in [9.17, 15) is 13.2 Å². The van der Waals surface area contributed by atoms with E-state index in [-0.39, 0.29) is 46.8 Å². The molecule has 1 fully saturated rings. The highest BCUT2D eigenvalue weighted by Gasteiger charge is 2.32. The van der Waals surface area contributed by atoms with E-state index in [0.717, 1.165) is 46.7 Å². The second kappa shape index (κ2) is 13.8. The van der Waals surface area contributed by atoms with Gasteiger partial charge in [-0.3, -0.25) is 9.78 Å². The number of anilines is 2. The maximum Gasteiger partial charge on any atom is 0.264 e. The summed E-state index contributed by atoms with van der Waals surface area (Å²) in [5, 5.41) is 0. The van der Waals surface area contributed by atoms with Crippen molar-refractivity contribution in [1.82, 2.24) is 19.9 Å². The van der Waals surface area contributed by atoms with Crippen LogP contribution in [0.25, 0.3) is 11.3 Å². The minimum Gasteiger partial charge on any atom is -0.475 e. The van der Waals surface area contributed by atoms with Crippen LogP contribution in [0.2, 0.25) is 0 Å². The summed E-state index contributed by atoms with van der Waals surface area (Å²) in [5.74, 6) is -0.198. The van der Waals surface area contributed by atoms with Crippen molar-refractivity contribution in [1.29, 1.82) is 0 Å². The third kappa shape index (κ3) is 7.88. The molecule has 4 aromatic rings. The number of nitrogens with zero attached hydrogens (tertiary/aromatic N) is 5. The highest BCUT2D eigenvalue weighted by atomic mass is 32.2. The Hall–Kier alpha value is -4.51.